The molecule has 2 aromatic rings. The summed E-state index contributed by atoms with van der Waals surface area (Å²) in [6, 6.07) is 12.1. The summed E-state index contributed by atoms with van der Waals surface area (Å²) in [5, 5.41) is 2.89. The second-order valence-electron chi connectivity index (χ2n) is 8.42. The van der Waals surface area contributed by atoms with Gasteiger partial charge in [0.25, 0.3) is 0 Å². The highest BCUT2D eigenvalue weighted by atomic mass is 32.2. The lowest BCUT2D eigenvalue weighted by molar-refractivity contribution is -0.134. The van der Waals surface area contributed by atoms with Crippen LogP contribution in [0.15, 0.2) is 47.4 Å². The second-order valence-corrected chi connectivity index (χ2v) is 10.4. The Kier molecular flexibility index (Phi) is 8.29. The molecular weight excluding hydrogens is 456 g/mol. The normalized spacial score (nSPS) is 15.1. The molecule has 0 atom stereocenters. The lowest BCUT2D eigenvalue weighted by Crippen LogP contribution is -2.51. The molecule has 1 heterocycles. The first-order valence-corrected chi connectivity index (χ1v) is 12.5. The fraction of sp³-hybridized carbons (Fsp3) is 0.417. The van der Waals surface area contributed by atoms with Gasteiger partial charge in [-0.05, 0) is 49.2 Å². The SMILES string of the molecule is COc1ccc(S(=O)(=O)N2CCN(CC(=O)N(C)CC(=O)Nc3c(C)cccc3C)CC2)cc1. The van der Waals surface area contributed by atoms with Gasteiger partial charge in [-0.3, -0.25) is 14.5 Å². The van der Waals surface area contributed by atoms with Gasteiger partial charge in [0.15, 0.2) is 0 Å². The van der Waals surface area contributed by atoms with E-state index < -0.39 is 10.0 Å². The van der Waals surface area contributed by atoms with Gasteiger partial charge in [0.2, 0.25) is 21.8 Å². The van der Waals surface area contributed by atoms with E-state index in [4.69, 9.17) is 4.74 Å². The van der Waals surface area contributed by atoms with E-state index in [1.54, 1.807) is 19.2 Å². The zero-order valence-corrected chi connectivity index (χ0v) is 20.9. The van der Waals surface area contributed by atoms with Crippen LogP contribution in [0.2, 0.25) is 0 Å². The van der Waals surface area contributed by atoms with Crippen molar-refractivity contribution in [2.45, 2.75) is 18.7 Å². The monoisotopic (exact) mass is 488 g/mol. The Morgan fingerprint density at radius 1 is 1.00 bits per heavy atom. The van der Waals surface area contributed by atoms with Crippen LogP contribution in [0.4, 0.5) is 5.69 Å². The fourth-order valence-electron chi connectivity index (χ4n) is 3.83. The van der Waals surface area contributed by atoms with Crippen molar-refractivity contribution in [3.05, 3.63) is 53.6 Å². The number of piperazine rings is 1. The Morgan fingerprint density at radius 2 is 1.59 bits per heavy atom. The molecule has 10 heteroatoms. The number of nitrogens with zero attached hydrogens (tertiary/aromatic N) is 3. The summed E-state index contributed by atoms with van der Waals surface area (Å²) in [5.74, 6) is 0.140. The smallest absolute Gasteiger partial charge is 0.243 e. The number of carbonyl (C=O) groups is 2. The molecule has 184 valence electrons. The first-order valence-electron chi connectivity index (χ1n) is 11.1. The van der Waals surface area contributed by atoms with E-state index in [2.05, 4.69) is 5.32 Å². The van der Waals surface area contributed by atoms with E-state index in [-0.39, 0.29) is 29.8 Å². The predicted molar refractivity (Wildman–Crippen MR) is 130 cm³/mol. The van der Waals surface area contributed by atoms with E-state index in [1.165, 1.54) is 28.4 Å². The topological polar surface area (TPSA) is 99.3 Å². The molecule has 1 aliphatic rings. The molecule has 2 amide bonds. The van der Waals surface area contributed by atoms with Crippen LogP contribution in [-0.4, -0.2) is 87.8 Å². The van der Waals surface area contributed by atoms with Gasteiger partial charge in [0.05, 0.1) is 25.1 Å². The van der Waals surface area contributed by atoms with Crippen molar-refractivity contribution in [2.24, 2.45) is 0 Å². The van der Waals surface area contributed by atoms with Gasteiger partial charge in [-0.15, -0.1) is 0 Å². The zero-order chi connectivity index (χ0) is 24.9. The van der Waals surface area contributed by atoms with Gasteiger partial charge >= 0.3 is 0 Å². The summed E-state index contributed by atoms with van der Waals surface area (Å²) in [5.41, 5.74) is 2.69. The van der Waals surface area contributed by atoms with Crippen molar-refractivity contribution >= 4 is 27.5 Å². The van der Waals surface area contributed by atoms with Crippen LogP contribution in [-0.2, 0) is 19.6 Å². The number of carbonyl (C=O) groups excluding carboxylic acids is 2. The molecular formula is C24H32N4O5S. The number of likely N-dealkylation sites (N-methyl/N-ethyl adjacent to an activating group) is 1. The predicted octanol–water partition coefficient (Wildman–Crippen LogP) is 1.72. The molecule has 3 rings (SSSR count). The average Bonchev–Trinajstić information content (AvgIpc) is 2.82. The second kappa shape index (κ2) is 11.0. The Balaban J connectivity index is 1.49. The molecule has 9 nitrogen and oxygen atoms in total. The summed E-state index contributed by atoms with van der Waals surface area (Å²) >= 11 is 0. The molecule has 1 aliphatic heterocycles. The summed E-state index contributed by atoms with van der Waals surface area (Å²) in [6.45, 7) is 5.36. The highest BCUT2D eigenvalue weighted by molar-refractivity contribution is 7.89. The molecule has 1 fully saturated rings. The molecule has 0 bridgehead atoms. The molecule has 0 aromatic heterocycles. The number of sulfonamides is 1. The number of rotatable bonds is 8. The molecule has 0 aliphatic carbocycles. The van der Waals surface area contributed by atoms with Crippen molar-refractivity contribution in [1.29, 1.82) is 0 Å². The van der Waals surface area contributed by atoms with Crippen molar-refractivity contribution in [3.63, 3.8) is 0 Å². The van der Waals surface area contributed by atoms with E-state index in [0.717, 1.165) is 16.8 Å². The number of amides is 2. The van der Waals surface area contributed by atoms with Crippen LogP contribution in [0.1, 0.15) is 11.1 Å². The lowest BCUT2D eigenvalue weighted by Gasteiger charge is -2.34. The van der Waals surface area contributed by atoms with Crippen molar-refractivity contribution in [3.8, 4) is 5.75 Å². The minimum Gasteiger partial charge on any atom is -0.497 e. The number of benzene rings is 2. The zero-order valence-electron chi connectivity index (χ0n) is 20.1. The minimum atomic E-state index is -3.61. The summed E-state index contributed by atoms with van der Waals surface area (Å²) < 4.78 is 32.3. The molecule has 0 saturated carbocycles. The van der Waals surface area contributed by atoms with Gasteiger partial charge in [0.1, 0.15) is 5.75 Å². The summed E-state index contributed by atoms with van der Waals surface area (Å²) in [7, 11) is -0.484. The van der Waals surface area contributed by atoms with Crippen molar-refractivity contribution in [2.75, 3.05) is 58.7 Å². The molecule has 1 N–H and O–H groups in total. The summed E-state index contributed by atoms with van der Waals surface area (Å²) in [6.07, 6.45) is 0. The molecule has 0 unspecified atom stereocenters. The summed E-state index contributed by atoms with van der Waals surface area (Å²) in [4.78, 5) is 28.6. The number of para-hydroxylation sites is 1. The van der Waals surface area contributed by atoms with E-state index >= 15 is 0 Å². The van der Waals surface area contributed by atoms with Crippen LogP contribution in [0.3, 0.4) is 0 Å². The number of methoxy groups -OCH3 is 1. The first-order chi connectivity index (χ1) is 16.1. The van der Waals surface area contributed by atoms with Gasteiger partial charge in [-0.1, -0.05) is 18.2 Å². The maximum Gasteiger partial charge on any atom is 0.243 e. The molecule has 2 aromatic carbocycles. The Hall–Kier alpha value is -2.95. The molecule has 0 radical (unpaired) electrons. The third-order valence-electron chi connectivity index (χ3n) is 5.94. The molecule has 34 heavy (non-hydrogen) atoms. The maximum absolute atomic E-state index is 12.9. The van der Waals surface area contributed by atoms with Gasteiger partial charge < -0.3 is 15.0 Å². The third-order valence-corrected chi connectivity index (χ3v) is 7.85. The third kappa shape index (κ3) is 6.13. The number of nitrogens with one attached hydrogen (secondary N) is 1. The standard InChI is InChI=1S/C24H32N4O5S/c1-18-6-5-7-19(2)24(18)25-22(29)16-26(3)23(30)17-27-12-14-28(15-13-27)34(31,32)21-10-8-20(33-4)9-11-21/h5-11H,12-17H2,1-4H3,(H,25,29). The van der Waals surface area contributed by atoms with Crippen LogP contribution >= 0.6 is 0 Å². The Bertz CT molecular complexity index is 1110. The number of ether oxygens (including phenoxy) is 1. The van der Waals surface area contributed by atoms with Crippen molar-refractivity contribution in [1.82, 2.24) is 14.1 Å². The first kappa shape index (κ1) is 25.7. The quantitative estimate of drug-likeness (QED) is 0.608. The van der Waals surface area contributed by atoms with Gasteiger partial charge in [-0.2, -0.15) is 4.31 Å². The molecule has 0 spiro atoms. The highest BCUT2D eigenvalue weighted by Crippen LogP contribution is 2.21. The number of anilines is 1. The fourth-order valence-corrected chi connectivity index (χ4v) is 5.25. The number of hydrogen-bond donors (Lipinski definition) is 1. The van der Waals surface area contributed by atoms with Gasteiger partial charge in [-0.25, -0.2) is 8.42 Å². The lowest BCUT2D eigenvalue weighted by atomic mass is 10.1. The van der Waals surface area contributed by atoms with Crippen LogP contribution in [0.5, 0.6) is 5.75 Å². The maximum atomic E-state index is 12.9. The van der Waals surface area contributed by atoms with E-state index in [1.807, 2.05) is 36.9 Å². The largest absolute Gasteiger partial charge is 0.497 e. The van der Waals surface area contributed by atoms with E-state index in [0.29, 0.717) is 31.9 Å². The van der Waals surface area contributed by atoms with Gasteiger partial charge in [0, 0.05) is 38.9 Å². The van der Waals surface area contributed by atoms with Crippen LogP contribution < -0.4 is 10.1 Å². The number of hydrogen-bond acceptors (Lipinski definition) is 6. The Labute approximate surface area is 201 Å². The average molecular weight is 489 g/mol. The van der Waals surface area contributed by atoms with Crippen LogP contribution in [0, 0.1) is 13.8 Å². The van der Waals surface area contributed by atoms with Crippen LogP contribution in [0.25, 0.3) is 0 Å². The van der Waals surface area contributed by atoms with Crippen molar-refractivity contribution < 1.29 is 22.7 Å². The molecule has 1 saturated heterocycles. The minimum absolute atomic E-state index is 0.0571. The highest BCUT2D eigenvalue weighted by Gasteiger charge is 2.29. The van der Waals surface area contributed by atoms with E-state index in [9.17, 15) is 18.0 Å². The number of aryl methyl sites for hydroxylation is 2. The Morgan fingerprint density at radius 3 is 2.15 bits per heavy atom.